The van der Waals surface area contributed by atoms with E-state index in [0.717, 1.165) is 0 Å². The molecule has 1 aromatic rings. The maximum absolute atomic E-state index is 11.6. The van der Waals surface area contributed by atoms with Crippen LogP contribution in [0.25, 0.3) is 0 Å². The predicted octanol–water partition coefficient (Wildman–Crippen LogP) is 3.62. The van der Waals surface area contributed by atoms with Crippen LogP contribution in [0, 0.1) is 5.92 Å². The minimum Gasteiger partial charge on any atom is -0.481 e. The number of aliphatic carboxylic acids is 1. The molecule has 0 radical (unpaired) electrons. The summed E-state index contributed by atoms with van der Waals surface area (Å²) < 4.78 is 0. The quantitative estimate of drug-likeness (QED) is 0.701. The normalized spacial score (nSPS) is 11.8. The van der Waals surface area contributed by atoms with Crippen molar-refractivity contribution >= 4 is 40.9 Å². The molecular weight excluding hydrogens is 303 g/mol. The number of anilines is 1. The van der Waals surface area contributed by atoms with E-state index in [0.29, 0.717) is 35.1 Å². The first kappa shape index (κ1) is 16.6. The molecule has 0 aliphatic heterocycles. The summed E-state index contributed by atoms with van der Waals surface area (Å²) in [5.41, 5.74) is 0.426. The number of carbonyl (C=O) groups is 2. The second-order valence-electron chi connectivity index (χ2n) is 4.39. The van der Waals surface area contributed by atoms with E-state index < -0.39 is 17.9 Å². The predicted molar refractivity (Wildman–Crippen MR) is 79.5 cm³/mol. The van der Waals surface area contributed by atoms with Crippen LogP contribution in [0.4, 0.5) is 10.5 Å². The van der Waals surface area contributed by atoms with Gasteiger partial charge in [-0.05, 0) is 31.0 Å². The van der Waals surface area contributed by atoms with Gasteiger partial charge in [0.25, 0.3) is 0 Å². The van der Waals surface area contributed by atoms with Crippen LogP contribution in [0.5, 0.6) is 0 Å². The molecule has 0 aromatic heterocycles. The van der Waals surface area contributed by atoms with E-state index in [4.69, 9.17) is 28.3 Å². The van der Waals surface area contributed by atoms with Gasteiger partial charge in [0.05, 0.1) is 16.6 Å². The molecule has 5 nitrogen and oxygen atoms in total. The third-order valence-electron chi connectivity index (χ3n) is 2.70. The van der Waals surface area contributed by atoms with E-state index in [1.54, 1.807) is 25.1 Å². The van der Waals surface area contributed by atoms with Crippen LogP contribution < -0.4 is 10.6 Å². The molecule has 0 aliphatic carbocycles. The van der Waals surface area contributed by atoms with Gasteiger partial charge < -0.3 is 15.7 Å². The number of carboxylic acid groups (broad SMARTS) is 1. The minimum atomic E-state index is -0.833. The molecule has 0 saturated heterocycles. The van der Waals surface area contributed by atoms with Gasteiger partial charge in [0.2, 0.25) is 0 Å². The molecule has 20 heavy (non-hydrogen) atoms. The highest BCUT2D eigenvalue weighted by molar-refractivity contribution is 6.35. The summed E-state index contributed by atoms with van der Waals surface area (Å²) in [7, 11) is 0. The van der Waals surface area contributed by atoms with Crippen LogP contribution >= 0.6 is 23.2 Å². The molecule has 0 saturated carbocycles. The average Bonchev–Trinajstić information content (AvgIpc) is 2.38. The van der Waals surface area contributed by atoms with Gasteiger partial charge in [-0.2, -0.15) is 0 Å². The van der Waals surface area contributed by atoms with E-state index in [9.17, 15) is 9.59 Å². The lowest BCUT2D eigenvalue weighted by Crippen LogP contribution is -2.30. The second-order valence-corrected chi connectivity index (χ2v) is 5.23. The number of nitrogens with one attached hydrogen (secondary N) is 2. The average molecular weight is 319 g/mol. The molecule has 110 valence electrons. The third-order valence-corrected chi connectivity index (χ3v) is 3.26. The van der Waals surface area contributed by atoms with Gasteiger partial charge >= 0.3 is 12.0 Å². The standard InChI is InChI=1S/C13H16Cl2N2O3/c1-8(12(18)19)3-2-6-16-13(20)17-11-7-9(14)4-5-10(11)15/h4-5,7-8H,2-3,6H2,1H3,(H,18,19)(H2,16,17,20). The number of carbonyl (C=O) groups excluding carboxylic acids is 1. The fraction of sp³-hybridized carbons (Fsp3) is 0.385. The number of urea groups is 1. The lowest BCUT2D eigenvalue weighted by Gasteiger charge is -2.10. The van der Waals surface area contributed by atoms with Crippen molar-refractivity contribution in [2.75, 3.05) is 11.9 Å². The summed E-state index contributed by atoms with van der Waals surface area (Å²) in [5, 5.41) is 14.8. The first-order valence-electron chi connectivity index (χ1n) is 6.13. The third kappa shape index (κ3) is 5.67. The lowest BCUT2D eigenvalue weighted by molar-refractivity contribution is -0.141. The number of rotatable bonds is 6. The molecular formula is C13H16Cl2N2O3. The van der Waals surface area contributed by atoms with Gasteiger partial charge in [-0.1, -0.05) is 30.1 Å². The van der Waals surface area contributed by atoms with Crippen molar-refractivity contribution in [3.05, 3.63) is 28.2 Å². The van der Waals surface area contributed by atoms with E-state index in [1.807, 2.05) is 0 Å². The smallest absolute Gasteiger partial charge is 0.319 e. The van der Waals surface area contributed by atoms with Crippen LogP contribution in [-0.4, -0.2) is 23.7 Å². The SMILES string of the molecule is CC(CCCNC(=O)Nc1cc(Cl)ccc1Cl)C(=O)O. The number of benzene rings is 1. The largest absolute Gasteiger partial charge is 0.481 e. The molecule has 1 atom stereocenters. The summed E-state index contributed by atoms with van der Waals surface area (Å²) in [6.45, 7) is 2.02. The van der Waals surface area contributed by atoms with Gasteiger partial charge in [-0.25, -0.2) is 4.79 Å². The summed E-state index contributed by atoms with van der Waals surface area (Å²) in [5.74, 6) is -1.25. The second kappa shape index (κ2) is 7.97. The molecule has 7 heteroatoms. The zero-order chi connectivity index (χ0) is 15.1. The van der Waals surface area contributed by atoms with Gasteiger partial charge in [0.15, 0.2) is 0 Å². The number of hydrogen-bond donors (Lipinski definition) is 3. The molecule has 0 aliphatic rings. The Hall–Kier alpha value is -1.46. The number of carboxylic acids is 1. The molecule has 1 rings (SSSR count). The Bertz CT molecular complexity index is 495. The van der Waals surface area contributed by atoms with Crippen LogP contribution in [0.2, 0.25) is 10.0 Å². The van der Waals surface area contributed by atoms with E-state index in [-0.39, 0.29) is 0 Å². The van der Waals surface area contributed by atoms with E-state index >= 15 is 0 Å². The molecule has 2 amide bonds. The molecule has 3 N–H and O–H groups in total. The maximum Gasteiger partial charge on any atom is 0.319 e. The highest BCUT2D eigenvalue weighted by atomic mass is 35.5. The molecule has 0 fully saturated rings. The van der Waals surface area contributed by atoms with E-state index in [2.05, 4.69) is 10.6 Å². The number of halogens is 2. The topological polar surface area (TPSA) is 78.4 Å². The molecule has 0 heterocycles. The first-order chi connectivity index (χ1) is 9.40. The van der Waals surface area contributed by atoms with Gasteiger partial charge in [0, 0.05) is 11.6 Å². The number of hydrogen-bond acceptors (Lipinski definition) is 2. The molecule has 0 bridgehead atoms. The van der Waals surface area contributed by atoms with Gasteiger partial charge in [-0.15, -0.1) is 0 Å². The van der Waals surface area contributed by atoms with Crippen LogP contribution in [0.3, 0.4) is 0 Å². The molecule has 1 unspecified atom stereocenters. The monoisotopic (exact) mass is 318 g/mol. The van der Waals surface area contributed by atoms with E-state index in [1.165, 1.54) is 0 Å². The van der Waals surface area contributed by atoms with Crippen LogP contribution in [0.15, 0.2) is 18.2 Å². The van der Waals surface area contributed by atoms with Crippen molar-refractivity contribution < 1.29 is 14.7 Å². The Morgan fingerprint density at radius 2 is 2.05 bits per heavy atom. The van der Waals surface area contributed by atoms with Crippen LogP contribution in [0.1, 0.15) is 19.8 Å². The molecule has 1 aromatic carbocycles. The summed E-state index contributed by atoms with van der Waals surface area (Å²) in [6.07, 6.45) is 1.09. The van der Waals surface area contributed by atoms with Crippen molar-refractivity contribution in [3.8, 4) is 0 Å². The Balaban J connectivity index is 2.34. The fourth-order valence-electron chi connectivity index (χ4n) is 1.49. The van der Waals surface area contributed by atoms with Crippen molar-refractivity contribution in [1.82, 2.24) is 5.32 Å². The van der Waals surface area contributed by atoms with Gasteiger partial charge in [0.1, 0.15) is 0 Å². The Labute approximate surface area is 127 Å². The first-order valence-corrected chi connectivity index (χ1v) is 6.88. The van der Waals surface area contributed by atoms with Gasteiger partial charge in [-0.3, -0.25) is 4.79 Å². The fourth-order valence-corrected chi connectivity index (χ4v) is 1.83. The highest BCUT2D eigenvalue weighted by Crippen LogP contribution is 2.25. The zero-order valence-corrected chi connectivity index (χ0v) is 12.5. The highest BCUT2D eigenvalue weighted by Gasteiger charge is 2.10. The molecule has 0 spiro atoms. The maximum atomic E-state index is 11.6. The number of amides is 2. The van der Waals surface area contributed by atoms with Crippen molar-refractivity contribution in [3.63, 3.8) is 0 Å². The van der Waals surface area contributed by atoms with Crippen molar-refractivity contribution in [1.29, 1.82) is 0 Å². The van der Waals surface area contributed by atoms with Crippen LogP contribution in [-0.2, 0) is 4.79 Å². The van der Waals surface area contributed by atoms with Crippen molar-refractivity contribution in [2.45, 2.75) is 19.8 Å². The zero-order valence-electron chi connectivity index (χ0n) is 11.0. The minimum absolute atomic E-state index is 0.391. The summed E-state index contributed by atoms with van der Waals surface area (Å²) in [4.78, 5) is 22.2. The van der Waals surface area contributed by atoms with Crippen molar-refractivity contribution in [2.24, 2.45) is 5.92 Å². The lowest BCUT2D eigenvalue weighted by atomic mass is 10.1. The Morgan fingerprint density at radius 3 is 2.70 bits per heavy atom. The summed E-state index contributed by atoms with van der Waals surface area (Å²) in [6, 6.07) is 4.36. The summed E-state index contributed by atoms with van der Waals surface area (Å²) >= 11 is 11.7. The Morgan fingerprint density at radius 1 is 1.35 bits per heavy atom. The Kier molecular flexibility index (Phi) is 6.61.